The largest absolute Gasteiger partial charge is 0.378 e. The standard InChI is InChI=1S/C13H19NO7S/c1-10(15)22-9-8-20-7-6-19-5-4-13(18)21-14-11(16)2-3-12(14)17/h2-9H2,1H3. The normalized spacial score (nSPS) is 14.5. The van der Waals surface area contributed by atoms with Gasteiger partial charge in [0, 0.05) is 25.5 Å². The highest BCUT2D eigenvalue weighted by atomic mass is 32.2. The second-order valence-corrected chi connectivity index (χ2v) is 5.63. The maximum atomic E-state index is 11.4. The van der Waals surface area contributed by atoms with E-state index < -0.39 is 17.8 Å². The molecule has 1 rings (SSSR count). The van der Waals surface area contributed by atoms with Crippen molar-refractivity contribution in [3.63, 3.8) is 0 Å². The van der Waals surface area contributed by atoms with Crippen LogP contribution >= 0.6 is 11.8 Å². The first-order valence-corrected chi connectivity index (χ1v) is 7.84. The third-order valence-corrected chi connectivity index (χ3v) is 3.33. The van der Waals surface area contributed by atoms with E-state index >= 15 is 0 Å². The van der Waals surface area contributed by atoms with Gasteiger partial charge in [-0.05, 0) is 0 Å². The molecule has 8 nitrogen and oxygen atoms in total. The van der Waals surface area contributed by atoms with Crippen LogP contribution in [0.25, 0.3) is 0 Å². The Balaban J connectivity index is 1.96. The predicted octanol–water partition coefficient (Wildman–Crippen LogP) is 0.297. The number of hydrogen-bond acceptors (Lipinski definition) is 8. The second kappa shape index (κ2) is 10.3. The monoisotopic (exact) mass is 333 g/mol. The lowest BCUT2D eigenvalue weighted by Gasteiger charge is -2.12. The molecule has 0 radical (unpaired) electrons. The quantitative estimate of drug-likeness (QED) is 0.416. The molecular weight excluding hydrogens is 314 g/mol. The summed E-state index contributed by atoms with van der Waals surface area (Å²) in [5.41, 5.74) is 0. The molecule has 0 atom stereocenters. The van der Waals surface area contributed by atoms with E-state index in [0.29, 0.717) is 30.6 Å². The maximum Gasteiger partial charge on any atom is 0.335 e. The fraction of sp³-hybridized carbons (Fsp3) is 0.692. The summed E-state index contributed by atoms with van der Waals surface area (Å²) in [5, 5.41) is 0.561. The van der Waals surface area contributed by atoms with Crippen LogP contribution in [-0.2, 0) is 33.5 Å². The second-order valence-electron chi connectivity index (χ2n) is 4.36. The molecule has 0 aromatic rings. The molecule has 0 aromatic heterocycles. The van der Waals surface area contributed by atoms with Gasteiger partial charge in [-0.25, -0.2) is 4.79 Å². The molecule has 0 bridgehead atoms. The Labute approximate surface area is 132 Å². The third kappa shape index (κ3) is 7.53. The van der Waals surface area contributed by atoms with Crippen LogP contribution in [0.4, 0.5) is 0 Å². The van der Waals surface area contributed by atoms with Gasteiger partial charge >= 0.3 is 5.97 Å². The number of imide groups is 1. The Morgan fingerprint density at radius 2 is 1.64 bits per heavy atom. The van der Waals surface area contributed by atoms with Crippen LogP contribution in [0.2, 0.25) is 0 Å². The van der Waals surface area contributed by atoms with Crippen molar-refractivity contribution in [2.45, 2.75) is 26.2 Å². The Hall–Kier alpha value is -1.45. The topological polar surface area (TPSA) is 99.2 Å². The number of hydrogen-bond donors (Lipinski definition) is 0. The summed E-state index contributed by atoms with van der Waals surface area (Å²) >= 11 is 1.19. The van der Waals surface area contributed by atoms with Gasteiger partial charge in [-0.15, -0.1) is 5.06 Å². The van der Waals surface area contributed by atoms with Crippen LogP contribution in [-0.4, -0.2) is 60.1 Å². The van der Waals surface area contributed by atoms with Crippen molar-refractivity contribution < 1.29 is 33.5 Å². The van der Waals surface area contributed by atoms with Gasteiger partial charge in [-0.2, -0.15) is 0 Å². The van der Waals surface area contributed by atoms with Gasteiger partial charge in [-0.3, -0.25) is 14.4 Å². The summed E-state index contributed by atoms with van der Waals surface area (Å²) in [4.78, 5) is 49.2. The van der Waals surface area contributed by atoms with Crippen LogP contribution < -0.4 is 0 Å². The van der Waals surface area contributed by atoms with E-state index in [0.717, 1.165) is 0 Å². The van der Waals surface area contributed by atoms with Crippen molar-refractivity contribution in [1.29, 1.82) is 0 Å². The average molecular weight is 333 g/mol. The van der Waals surface area contributed by atoms with E-state index in [4.69, 9.17) is 9.47 Å². The number of amides is 2. The van der Waals surface area contributed by atoms with Crippen LogP contribution in [0.15, 0.2) is 0 Å². The van der Waals surface area contributed by atoms with Crippen molar-refractivity contribution in [2.75, 3.05) is 32.2 Å². The van der Waals surface area contributed by atoms with Crippen molar-refractivity contribution in [3.8, 4) is 0 Å². The van der Waals surface area contributed by atoms with Gasteiger partial charge in [0.2, 0.25) is 0 Å². The van der Waals surface area contributed by atoms with E-state index in [1.165, 1.54) is 18.7 Å². The minimum Gasteiger partial charge on any atom is -0.378 e. The van der Waals surface area contributed by atoms with Gasteiger partial charge in [0.1, 0.15) is 0 Å². The molecule has 1 aliphatic rings. The highest BCUT2D eigenvalue weighted by Crippen LogP contribution is 2.12. The SMILES string of the molecule is CC(=O)SCCOCCOCCC(=O)ON1C(=O)CCC1=O. The van der Waals surface area contributed by atoms with Crippen molar-refractivity contribution >= 4 is 34.7 Å². The highest BCUT2D eigenvalue weighted by Gasteiger charge is 2.32. The number of nitrogens with zero attached hydrogens (tertiary/aromatic N) is 1. The molecule has 0 aromatic carbocycles. The number of carbonyl (C=O) groups is 4. The number of rotatable bonds is 10. The van der Waals surface area contributed by atoms with Gasteiger partial charge in [0.15, 0.2) is 5.12 Å². The average Bonchev–Trinajstić information content (AvgIpc) is 2.77. The summed E-state index contributed by atoms with van der Waals surface area (Å²) in [6, 6.07) is 0. The van der Waals surface area contributed by atoms with Crippen LogP contribution in [0.3, 0.4) is 0 Å². The lowest BCUT2D eigenvalue weighted by Crippen LogP contribution is -2.32. The van der Waals surface area contributed by atoms with E-state index in [1.54, 1.807) is 0 Å². The summed E-state index contributed by atoms with van der Waals surface area (Å²) < 4.78 is 10.4. The van der Waals surface area contributed by atoms with E-state index in [9.17, 15) is 19.2 Å². The zero-order valence-corrected chi connectivity index (χ0v) is 13.2. The molecule has 22 heavy (non-hydrogen) atoms. The Kier molecular flexibility index (Phi) is 8.71. The van der Waals surface area contributed by atoms with Crippen LogP contribution in [0.1, 0.15) is 26.2 Å². The first kappa shape index (κ1) is 18.6. The van der Waals surface area contributed by atoms with Gasteiger partial charge < -0.3 is 14.3 Å². The van der Waals surface area contributed by atoms with Gasteiger partial charge in [0.05, 0.1) is 32.8 Å². The van der Waals surface area contributed by atoms with Gasteiger partial charge in [0.25, 0.3) is 11.8 Å². The molecular formula is C13H19NO7S. The van der Waals surface area contributed by atoms with Gasteiger partial charge in [-0.1, -0.05) is 11.8 Å². The Bertz CT molecular complexity index is 411. The lowest BCUT2D eigenvalue weighted by atomic mass is 10.4. The summed E-state index contributed by atoms with van der Waals surface area (Å²) in [6.07, 6.45) is 0.0843. The van der Waals surface area contributed by atoms with Crippen molar-refractivity contribution in [2.24, 2.45) is 0 Å². The van der Waals surface area contributed by atoms with E-state index in [1.807, 2.05) is 0 Å². The molecule has 9 heteroatoms. The number of thioether (sulfide) groups is 1. The minimum atomic E-state index is -0.692. The lowest BCUT2D eigenvalue weighted by molar-refractivity contribution is -0.198. The van der Waals surface area contributed by atoms with Crippen LogP contribution in [0.5, 0.6) is 0 Å². The third-order valence-electron chi connectivity index (χ3n) is 2.55. The molecule has 0 aliphatic carbocycles. The highest BCUT2D eigenvalue weighted by molar-refractivity contribution is 8.13. The fourth-order valence-corrected chi connectivity index (χ4v) is 2.02. The molecule has 0 spiro atoms. The zero-order chi connectivity index (χ0) is 16.4. The smallest absolute Gasteiger partial charge is 0.335 e. The molecule has 0 N–H and O–H groups in total. The van der Waals surface area contributed by atoms with Crippen molar-refractivity contribution in [3.05, 3.63) is 0 Å². The molecule has 1 saturated heterocycles. The molecule has 1 aliphatic heterocycles. The maximum absolute atomic E-state index is 11.4. The molecule has 124 valence electrons. The van der Waals surface area contributed by atoms with E-state index in [-0.39, 0.29) is 31.0 Å². The molecule has 1 fully saturated rings. The molecule has 1 heterocycles. The number of carbonyl (C=O) groups excluding carboxylic acids is 4. The molecule has 0 unspecified atom stereocenters. The first-order chi connectivity index (χ1) is 10.5. The Morgan fingerprint density at radius 1 is 1.05 bits per heavy atom. The molecule has 2 amide bonds. The predicted molar refractivity (Wildman–Crippen MR) is 76.6 cm³/mol. The number of ether oxygens (including phenoxy) is 2. The molecule has 0 saturated carbocycles. The van der Waals surface area contributed by atoms with E-state index in [2.05, 4.69) is 4.84 Å². The summed E-state index contributed by atoms with van der Waals surface area (Å²) in [5.74, 6) is -1.10. The minimum absolute atomic E-state index is 0.0494. The van der Waals surface area contributed by atoms with Crippen molar-refractivity contribution in [1.82, 2.24) is 5.06 Å². The first-order valence-electron chi connectivity index (χ1n) is 6.86. The Morgan fingerprint density at radius 3 is 2.23 bits per heavy atom. The fourth-order valence-electron chi connectivity index (χ4n) is 1.53. The zero-order valence-electron chi connectivity index (χ0n) is 12.4. The number of hydroxylamine groups is 2. The van der Waals surface area contributed by atoms with Crippen LogP contribution in [0, 0.1) is 0 Å². The summed E-state index contributed by atoms with van der Waals surface area (Å²) in [6.45, 7) is 2.72. The summed E-state index contributed by atoms with van der Waals surface area (Å²) in [7, 11) is 0.